The van der Waals surface area contributed by atoms with Crippen LogP contribution in [0.3, 0.4) is 0 Å². The Labute approximate surface area is 167 Å². The van der Waals surface area contributed by atoms with Crippen LogP contribution in [-0.2, 0) is 4.79 Å². The minimum Gasteiger partial charge on any atom is -0.495 e. The molecule has 0 spiro atoms. The van der Waals surface area contributed by atoms with Gasteiger partial charge in [-0.1, -0.05) is 23.7 Å². The number of nitrogens with one attached hydrogen (secondary N) is 2. The number of methoxy groups -OCH3 is 1. The van der Waals surface area contributed by atoms with Crippen LogP contribution in [0, 0.1) is 6.92 Å². The number of aromatic nitrogens is 1. The first-order valence-corrected chi connectivity index (χ1v) is 9.65. The first-order valence-electron chi connectivity index (χ1n) is 8.40. The van der Waals surface area contributed by atoms with E-state index in [-0.39, 0.29) is 5.91 Å². The zero-order valence-electron chi connectivity index (χ0n) is 15.2. The number of hydrogen-bond acceptors (Lipinski definition) is 5. The van der Waals surface area contributed by atoms with Crippen LogP contribution in [0.15, 0.2) is 47.8 Å². The van der Waals surface area contributed by atoms with Gasteiger partial charge in [-0.3, -0.25) is 4.79 Å². The topological polar surface area (TPSA) is 63.2 Å². The number of carbonyl (C=O) groups is 1. The van der Waals surface area contributed by atoms with E-state index in [2.05, 4.69) is 15.6 Å². The van der Waals surface area contributed by atoms with Gasteiger partial charge in [0.25, 0.3) is 0 Å². The number of halogens is 1. The third kappa shape index (κ3) is 4.78. The molecule has 140 valence electrons. The minimum absolute atomic E-state index is 0.185. The van der Waals surface area contributed by atoms with Gasteiger partial charge in [0, 0.05) is 21.7 Å². The molecule has 0 saturated carbocycles. The van der Waals surface area contributed by atoms with Gasteiger partial charge in [-0.2, -0.15) is 0 Å². The maximum atomic E-state index is 12.5. The van der Waals surface area contributed by atoms with Crippen LogP contribution < -0.4 is 15.4 Å². The van der Waals surface area contributed by atoms with Crippen molar-refractivity contribution >= 4 is 40.2 Å². The Morgan fingerprint density at radius 3 is 2.59 bits per heavy atom. The highest BCUT2D eigenvalue weighted by Gasteiger charge is 2.15. The number of hydrogen-bond donors (Lipinski definition) is 2. The molecule has 3 aromatic rings. The second kappa shape index (κ2) is 8.41. The van der Waals surface area contributed by atoms with Gasteiger partial charge in [0.05, 0.1) is 23.5 Å². The number of ether oxygens (including phenoxy) is 1. The molecule has 0 radical (unpaired) electrons. The molecule has 2 aromatic carbocycles. The predicted molar refractivity (Wildman–Crippen MR) is 112 cm³/mol. The number of rotatable bonds is 6. The minimum atomic E-state index is -0.443. The van der Waals surface area contributed by atoms with Gasteiger partial charge >= 0.3 is 0 Å². The van der Waals surface area contributed by atoms with Crippen molar-refractivity contribution in [3.05, 3.63) is 57.9 Å². The summed E-state index contributed by atoms with van der Waals surface area (Å²) < 4.78 is 5.26. The highest BCUT2D eigenvalue weighted by atomic mass is 35.5. The van der Waals surface area contributed by atoms with Crippen LogP contribution in [0.2, 0.25) is 5.02 Å². The monoisotopic (exact) mass is 401 g/mol. The molecule has 0 aliphatic carbocycles. The first-order chi connectivity index (χ1) is 13.0. The summed E-state index contributed by atoms with van der Waals surface area (Å²) in [6, 6.07) is 12.5. The SMILES string of the molecule is COc1ccc(Cl)cc1NC(=O)C(C)Nc1ccc(-c2csc(C)n2)cc1. The van der Waals surface area contributed by atoms with Crippen LogP contribution in [-0.4, -0.2) is 24.0 Å². The predicted octanol–water partition coefficient (Wildman–Crippen LogP) is 5.22. The number of benzene rings is 2. The third-order valence-corrected chi connectivity index (χ3v) is 5.00. The van der Waals surface area contributed by atoms with E-state index in [0.29, 0.717) is 16.5 Å². The lowest BCUT2D eigenvalue weighted by atomic mass is 10.1. The molecule has 0 aliphatic rings. The number of nitrogens with zero attached hydrogens (tertiary/aromatic N) is 1. The van der Waals surface area contributed by atoms with E-state index in [1.165, 1.54) is 0 Å². The van der Waals surface area contributed by atoms with E-state index >= 15 is 0 Å². The zero-order valence-corrected chi connectivity index (χ0v) is 16.8. The fraction of sp³-hybridized carbons (Fsp3) is 0.200. The van der Waals surface area contributed by atoms with Crippen molar-refractivity contribution in [1.82, 2.24) is 4.98 Å². The number of aryl methyl sites for hydroxylation is 1. The van der Waals surface area contributed by atoms with Crippen molar-refractivity contribution in [3.8, 4) is 17.0 Å². The van der Waals surface area contributed by atoms with Gasteiger partial charge < -0.3 is 15.4 Å². The summed E-state index contributed by atoms with van der Waals surface area (Å²) in [6.45, 7) is 3.78. The van der Waals surface area contributed by atoms with Crippen LogP contribution in [0.5, 0.6) is 5.75 Å². The first kappa shape index (κ1) is 19.2. The summed E-state index contributed by atoms with van der Waals surface area (Å²) in [6.07, 6.45) is 0. The molecule has 5 nitrogen and oxygen atoms in total. The van der Waals surface area contributed by atoms with Gasteiger partial charge in [0.15, 0.2) is 0 Å². The van der Waals surface area contributed by atoms with Crippen LogP contribution in [0.4, 0.5) is 11.4 Å². The van der Waals surface area contributed by atoms with E-state index in [1.54, 1.807) is 43.6 Å². The maximum Gasteiger partial charge on any atom is 0.246 e. The smallest absolute Gasteiger partial charge is 0.246 e. The molecule has 0 fully saturated rings. The van der Waals surface area contributed by atoms with Gasteiger partial charge in [-0.25, -0.2) is 4.98 Å². The lowest BCUT2D eigenvalue weighted by Gasteiger charge is -2.17. The highest BCUT2D eigenvalue weighted by Crippen LogP contribution is 2.28. The Morgan fingerprint density at radius 2 is 1.96 bits per heavy atom. The number of thiazole rings is 1. The van der Waals surface area contributed by atoms with Gasteiger partial charge in [0.1, 0.15) is 11.8 Å². The summed E-state index contributed by atoms with van der Waals surface area (Å²) in [4.78, 5) is 17.0. The molecule has 3 rings (SSSR count). The molecular formula is C20H20ClN3O2S. The summed E-state index contributed by atoms with van der Waals surface area (Å²) in [5, 5.41) is 9.63. The Hall–Kier alpha value is -2.57. The second-order valence-corrected chi connectivity index (χ2v) is 7.53. The maximum absolute atomic E-state index is 12.5. The van der Waals surface area contributed by atoms with E-state index < -0.39 is 6.04 Å². The largest absolute Gasteiger partial charge is 0.495 e. The Morgan fingerprint density at radius 1 is 1.22 bits per heavy atom. The molecule has 1 amide bonds. The Kier molecular flexibility index (Phi) is 5.98. The lowest BCUT2D eigenvalue weighted by molar-refractivity contribution is -0.116. The van der Waals surface area contributed by atoms with Gasteiger partial charge in [0.2, 0.25) is 5.91 Å². The molecule has 2 N–H and O–H groups in total. The van der Waals surface area contributed by atoms with Gasteiger partial charge in [-0.15, -0.1) is 11.3 Å². The normalized spacial score (nSPS) is 11.7. The molecule has 0 aliphatic heterocycles. The van der Waals surface area contributed by atoms with Gasteiger partial charge in [-0.05, 0) is 44.2 Å². The zero-order chi connectivity index (χ0) is 19.4. The molecule has 1 atom stereocenters. The van der Waals surface area contributed by atoms with E-state index in [4.69, 9.17) is 16.3 Å². The fourth-order valence-corrected chi connectivity index (χ4v) is 3.36. The number of carbonyl (C=O) groups excluding carboxylic acids is 1. The van der Waals surface area contributed by atoms with Crippen LogP contribution >= 0.6 is 22.9 Å². The average molecular weight is 402 g/mol. The average Bonchev–Trinajstić information content (AvgIpc) is 3.09. The molecule has 0 bridgehead atoms. The molecule has 1 aromatic heterocycles. The molecule has 1 unspecified atom stereocenters. The standard InChI is InChI=1S/C20H20ClN3O2S/c1-12(20(25)24-17-10-15(21)6-9-19(17)26-3)22-16-7-4-14(5-8-16)18-11-27-13(2)23-18/h4-12,22H,1-3H3,(H,24,25). The summed E-state index contributed by atoms with van der Waals surface area (Å²) in [7, 11) is 1.55. The van der Waals surface area contributed by atoms with Crippen molar-refractivity contribution < 1.29 is 9.53 Å². The number of amides is 1. The van der Waals surface area contributed by atoms with Crippen molar-refractivity contribution in [2.75, 3.05) is 17.7 Å². The van der Waals surface area contributed by atoms with Crippen LogP contribution in [0.1, 0.15) is 11.9 Å². The quantitative estimate of drug-likeness (QED) is 0.594. The Balaban J connectivity index is 1.65. The second-order valence-electron chi connectivity index (χ2n) is 6.03. The highest BCUT2D eigenvalue weighted by molar-refractivity contribution is 7.09. The molecule has 0 saturated heterocycles. The van der Waals surface area contributed by atoms with Crippen molar-refractivity contribution in [2.24, 2.45) is 0 Å². The van der Waals surface area contributed by atoms with Crippen molar-refractivity contribution in [2.45, 2.75) is 19.9 Å². The fourth-order valence-electron chi connectivity index (χ4n) is 2.57. The van der Waals surface area contributed by atoms with E-state index in [9.17, 15) is 4.79 Å². The molecule has 1 heterocycles. The summed E-state index contributed by atoms with van der Waals surface area (Å²) in [5.41, 5.74) is 3.40. The van der Waals surface area contributed by atoms with Crippen LogP contribution in [0.25, 0.3) is 11.3 Å². The Bertz CT molecular complexity index is 941. The van der Waals surface area contributed by atoms with Crippen molar-refractivity contribution in [3.63, 3.8) is 0 Å². The molecule has 7 heteroatoms. The summed E-state index contributed by atoms with van der Waals surface area (Å²) >= 11 is 7.63. The molecule has 27 heavy (non-hydrogen) atoms. The molecular weight excluding hydrogens is 382 g/mol. The third-order valence-electron chi connectivity index (χ3n) is 4.00. The lowest BCUT2D eigenvalue weighted by Crippen LogP contribution is -2.32. The summed E-state index contributed by atoms with van der Waals surface area (Å²) in [5.74, 6) is 0.373. The van der Waals surface area contributed by atoms with Crippen molar-refractivity contribution in [1.29, 1.82) is 0 Å². The number of anilines is 2. The van der Waals surface area contributed by atoms with E-state index in [0.717, 1.165) is 22.0 Å². The van der Waals surface area contributed by atoms with E-state index in [1.807, 2.05) is 36.6 Å².